The summed E-state index contributed by atoms with van der Waals surface area (Å²) >= 11 is 5.87. The van der Waals surface area contributed by atoms with Crippen molar-refractivity contribution >= 4 is 23.2 Å². The van der Waals surface area contributed by atoms with Crippen LogP contribution in [0.15, 0.2) is 48.8 Å². The van der Waals surface area contributed by atoms with Crippen molar-refractivity contribution in [1.29, 1.82) is 0 Å². The summed E-state index contributed by atoms with van der Waals surface area (Å²) in [5, 5.41) is 3.71. The monoisotopic (exact) mass is 355 g/mol. The molecule has 1 N–H and O–H groups in total. The fourth-order valence-corrected chi connectivity index (χ4v) is 2.91. The zero-order valence-corrected chi connectivity index (χ0v) is 15.1. The van der Waals surface area contributed by atoms with Crippen LogP contribution in [0.1, 0.15) is 29.7 Å². The fraction of sp³-hybridized carbons (Fsp3) is 0.300. The van der Waals surface area contributed by atoms with E-state index in [4.69, 9.17) is 11.6 Å². The first kappa shape index (κ1) is 17.5. The van der Waals surface area contributed by atoms with Crippen LogP contribution in [0.25, 0.3) is 5.65 Å². The molecule has 3 aromatic rings. The van der Waals surface area contributed by atoms with Crippen molar-refractivity contribution in [2.24, 2.45) is 0 Å². The zero-order chi connectivity index (χ0) is 17.6. The first-order valence-corrected chi connectivity index (χ1v) is 8.93. The Morgan fingerprint density at radius 2 is 2.00 bits per heavy atom. The van der Waals surface area contributed by atoms with Crippen LogP contribution in [-0.2, 0) is 17.6 Å². The van der Waals surface area contributed by atoms with Crippen LogP contribution in [0.4, 0.5) is 0 Å². The maximum Gasteiger partial charge on any atom is 0.220 e. The number of aryl methyl sites for hydroxylation is 2. The van der Waals surface area contributed by atoms with Gasteiger partial charge in [-0.15, -0.1) is 0 Å². The Labute approximate surface area is 152 Å². The van der Waals surface area contributed by atoms with Crippen molar-refractivity contribution < 1.29 is 4.79 Å². The molecule has 3 rings (SSSR count). The van der Waals surface area contributed by atoms with Crippen molar-refractivity contribution in [2.75, 3.05) is 6.54 Å². The Bertz CT molecular complexity index is 855. The summed E-state index contributed by atoms with van der Waals surface area (Å²) in [4.78, 5) is 16.5. The van der Waals surface area contributed by atoms with Gasteiger partial charge in [-0.2, -0.15) is 0 Å². The number of nitrogens with one attached hydrogen (secondary N) is 1. The Morgan fingerprint density at radius 3 is 2.80 bits per heavy atom. The Balaban J connectivity index is 1.39. The lowest BCUT2D eigenvalue weighted by molar-refractivity contribution is -0.121. The second kappa shape index (κ2) is 8.17. The number of aromatic nitrogens is 2. The second-order valence-electron chi connectivity index (χ2n) is 6.28. The molecule has 0 saturated heterocycles. The highest BCUT2D eigenvalue weighted by molar-refractivity contribution is 6.30. The molecule has 0 fully saturated rings. The van der Waals surface area contributed by atoms with Crippen molar-refractivity contribution in [3.05, 3.63) is 70.6 Å². The first-order chi connectivity index (χ1) is 12.1. The summed E-state index contributed by atoms with van der Waals surface area (Å²) in [5.41, 5.74) is 4.34. The third-order valence-corrected chi connectivity index (χ3v) is 4.40. The molecule has 0 spiro atoms. The molecule has 2 aromatic heterocycles. The number of hydrogen-bond donors (Lipinski definition) is 1. The number of carbonyl (C=O) groups is 1. The number of imidazole rings is 1. The third-order valence-electron chi connectivity index (χ3n) is 4.15. The summed E-state index contributed by atoms with van der Waals surface area (Å²) in [6.07, 6.45) is 7.02. The molecule has 130 valence electrons. The Kier molecular flexibility index (Phi) is 5.71. The average molecular weight is 356 g/mol. The molecule has 2 heterocycles. The van der Waals surface area contributed by atoms with Gasteiger partial charge in [-0.1, -0.05) is 23.7 Å². The molecule has 1 amide bonds. The van der Waals surface area contributed by atoms with Gasteiger partial charge in [-0.05, 0) is 55.2 Å². The molecule has 0 aliphatic carbocycles. The molecule has 0 bridgehead atoms. The van der Waals surface area contributed by atoms with Gasteiger partial charge in [-0.3, -0.25) is 4.79 Å². The normalized spacial score (nSPS) is 11.0. The van der Waals surface area contributed by atoms with Crippen molar-refractivity contribution in [3.8, 4) is 0 Å². The van der Waals surface area contributed by atoms with E-state index in [-0.39, 0.29) is 5.91 Å². The van der Waals surface area contributed by atoms with E-state index in [2.05, 4.69) is 29.4 Å². The highest BCUT2D eigenvalue weighted by Crippen LogP contribution is 2.12. The summed E-state index contributed by atoms with van der Waals surface area (Å²) in [6, 6.07) is 11.9. The summed E-state index contributed by atoms with van der Waals surface area (Å²) < 4.78 is 2.01. The minimum Gasteiger partial charge on any atom is -0.356 e. The number of halogens is 1. The van der Waals surface area contributed by atoms with Crippen molar-refractivity contribution in [2.45, 2.75) is 32.6 Å². The maximum absolute atomic E-state index is 11.9. The van der Waals surface area contributed by atoms with E-state index in [0.717, 1.165) is 35.6 Å². The molecule has 4 nitrogen and oxygen atoms in total. The Morgan fingerprint density at radius 1 is 1.20 bits per heavy atom. The number of rotatable bonds is 7. The quantitative estimate of drug-likeness (QED) is 0.696. The summed E-state index contributed by atoms with van der Waals surface area (Å²) in [6.45, 7) is 2.67. The van der Waals surface area contributed by atoms with Gasteiger partial charge in [0.2, 0.25) is 5.91 Å². The summed E-state index contributed by atoms with van der Waals surface area (Å²) in [5.74, 6) is 0.0913. The molecule has 25 heavy (non-hydrogen) atoms. The van der Waals surface area contributed by atoms with Gasteiger partial charge in [-0.25, -0.2) is 4.98 Å². The Hall–Kier alpha value is -2.33. The van der Waals surface area contributed by atoms with Gasteiger partial charge in [0.05, 0.1) is 5.69 Å². The van der Waals surface area contributed by atoms with Crippen LogP contribution in [0, 0.1) is 6.92 Å². The van der Waals surface area contributed by atoms with Gasteiger partial charge in [0.1, 0.15) is 5.65 Å². The van der Waals surface area contributed by atoms with E-state index in [1.54, 1.807) is 0 Å². The highest BCUT2D eigenvalue weighted by Gasteiger charge is 2.04. The predicted octanol–water partition coefficient (Wildman–Crippen LogP) is 3.98. The highest BCUT2D eigenvalue weighted by atomic mass is 35.5. The lowest BCUT2D eigenvalue weighted by Gasteiger charge is -2.04. The molecule has 0 aliphatic heterocycles. The minimum absolute atomic E-state index is 0.0913. The SMILES string of the molecule is Cc1ccn2cc(CCNC(=O)CCCc3ccc(Cl)cc3)nc2c1. The largest absolute Gasteiger partial charge is 0.356 e. The second-order valence-corrected chi connectivity index (χ2v) is 6.72. The number of benzene rings is 1. The number of carbonyl (C=O) groups excluding carboxylic acids is 1. The molecule has 0 unspecified atom stereocenters. The fourth-order valence-electron chi connectivity index (χ4n) is 2.78. The predicted molar refractivity (Wildman–Crippen MR) is 101 cm³/mol. The maximum atomic E-state index is 11.9. The number of hydrogen-bond acceptors (Lipinski definition) is 2. The van der Waals surface area contributed by atoms with Crippen molar-refractivity contribution in [3.63, 3.8) is 0 Å². The van der Waals surface area contributed by atoms with Crippen LogP contribution in [0.5, 0.6) is 0 Å². The molecule has 0 saturated carbocycles. The lowest BCUT2D eigenvalue weighted by atomic mass is 10.1. The van der Waals surface area contributed by atoms with Gasteiger partial charge < -0.3 is 9.72 Å². The molecule has 0 radical (unpaired) electrons. The molecular weight excluding hydrogens is 334 g/mol. The molecule has 5 heteroatoms. The van der Waals surface area contributed by atoms with Gasteiger partial charge in [0.15, 0.2) is 0 Å². The lowest BCUT2D eigenvalue weighted by Crippen LogP contribution is -2.25. The van der Waals surface area contributed by atoms with Crippen LogP contribution in [-0.4, -0.2) is 21.8 Å². The number of pyridine rings is 1. The van der Waals surface area contributed by atoms with E-state index in [9.17, 15) is 4.79 Å². The van der Waals surface area contributed by atoms with E-state index >= 15 is 0 Å². The zero-order valence-electron chi connectivity index (χ0n) is 14.3. The van der Waals surface area contributed by atoms with Crippen molar-refractivity contribution in [1.82, 2.24) is 14.7 Å². The van der Waals surface area contributed by atoms with Crippen LogP contribution >= 0.6 is 11.6 Å². The van der Waals surface area contributed by atoms with E-state index in [0.29, 0.717) is 13.0 Å². The molecular formula is C20H22ClN3O. The number of nitrogens with zero attached hydrogens (tertiary/aromatic N) is 2. The smallest absolute Gasteiger partial charge is 0.220 e. The molecule has 0 atom stereocenters. The van der Waals surface area contributed by atoms with Crippen LogP contribution < -0.4 is 5.32 Å². The summed E-state index contributed by atoms with van der Waals surface area (Å²) in [7, 11) is 0. The van der Waals surface area contributed by atoms with E-state index < -0.39 is 0 Å². The average Bonchev–Trinajstić information content (AvgIpc) is 2.98. The van der Waals surface area contributed by atoms with Gasteiger partial charge >= 0.3 is 0 Å². The topological polar surface area (TPSA) is 46.4 Å². The van der Waals surface area contributed by atoms with E-state index in [1.165, 1.54) is 11.1 Å². The van der Waals surface area contributed by atoms with E-state index in [1.807, 2.05) is 41.1 Å². The minimum atomic E-state index is 0.0913. The van der Waals surface area contributed by atoms with Crippen LogP contribution in [0.2, 0.25) is 5.02 Å². The number of amides is 1. The molecule has 0 aliphatic rings. The van der Waals surface area contributed by atoms with Crippen LogP contribution in [0.3, 0.4) is 0 Å². The molecule has 1 aromatic carbocycles. The van der Waals surface area contributed by atoms with Gasteiger partial charge in [0.25, 0.3) is 0 Å². The van der Waals surface area contributed by atoms with Gasteiger partial charge in [0, 0.05) is 36.8 Å². The third kappa shape index (κ3) is 5.07. The standard InChI is InChI=1S/C20H22ClN3O/c1-15-10-12-24-14-18(23-19(24)13-15)9-11-22-20(25)4-2-3-16-5-7-17(21)8-6-16/h5-8,10,12-14H,2-4,9,11H2,1H3,(H,22,25). The number of fused-ring (bicyclic) bond motifs is 1. The first-order valence-electron chi connectivity index (χ1n) is 8.55.